The quantitative estimate of drug-likeness (QED) is 0.641. The second-order valence-electron chi connectivity index (χ2n) is 7.42. The Morgan fingerprint density at radius 3 is 2.48 bits per heavy atom. The van der Waals surface area contributed by atoms with Crippen LogP contribution < -0.4 is 0 Å². The molecule has 1 saturated heterocycles. The average Bonchev–Trinajstić information content (AvgIpc) is 3.35. The van der Waals surface area contributed by atoms with Crippen molar-refractivity contribution < 1.29 is 22.7 Å². The molecule has 154 valence electrons. The minimum Gasteiger partial charge on any atom is -0.451 e. The predicted octanol–water partition coefficient (Wildman–Crippen LogP) is 0.911. The second kappa shape index (κ2) is 7.58. The summed E-state index contributed by atoms with van der Waals surface area (Å²) in [7, 11) is -3.11. The van der Waals surface area contributed by atoms with E-state index in [0.717, 1.165) is 12.8 Å². The van der Waals surface area contributed by atoms with Gasteiger partial charge in [0.05, 0.1) is 22.9 Å². The van der Waals surface area contributed by atoms with Crippen LogP contribution in [0.5, 0.6) is 0 Å². The minimum atomic E-state index is -3.11. The molecule has 0 bridgehead atoms. The number of ether oxygens (including phenoxy) is 1. The highest BCUT2D eigenvalue weighted by atomic mass is 32.2. The number of aryl methyl sites for hydroxylation is 1. The van der Waals surface area contributed by atoms with Crippen LogP contribution in [0.3, 0.4) is 0 Å². The Kier molecular flexibility index (Phi) is 5.12. The van der Waals surface area contributed by atoms with E-state index in [1.165, 1.54) is 4.80 Å². The van der Waals surface area contributed by atoms with Crippen LogP contribution in [0.4, 0.5) is 0 Å². The number of aromatic nitrogens is 3. The van der Waals surface area contributed by atoms with Crippen molar-refractivity contribution >= 4 is 21.7 Å². The first kappa shape index (κ1) is 19.6. The van der Waals surface area contributed by atoms with Gasteiger partial charge in [-0.3, -0.25) is 4.79 Å². The number of esters is 1. The maximum absolute atomic E-state index is 12.7. The highest BCUT2D eigenvalue weighted by Gasteiger charge is 2.42. The zero-order chi connectivity index (χ0) is 20.6. The van der Waals surface area contributed by atoms with Crippen molar-refractivity contribution in [1.82, 2.24) is 19.9 Å². The Morgan fingerprint density at radius 1 is 1.14 bits per heavy atom. The van der Waals surface area contributed by atoms with E-state index in [2.05, 4.69) is 10.2 Å². The lowest BCUT2D eigenvalue weighted by molar-refractivity contribution is -0.137. The number of nitrogens with zero attached hydrogens (tertiary/aromatic N) is 4. The molecule has 2 fully saturated rings. The van der Waals surface area contributed by atoms with Gasteiger partial charge in [-0.2, -0.15) is 9.90 Å². The number of benzene rings is 1. The standard InChI is InChI=1S/C19H22N4O5S/c1-13-18(21-23(20-13)15-5-3-2-4-6-15)19(25)28-11-17(24)22(14-7-8-14)16-9-10-29(26,27)12-16/h2-6,14,16H,7-12H2,1H3/t16-/m0/s1. The molecule has 2 aliphatic rings. The summed E-state index contributed by atoms with van der Waals surface area (Å²) in [6.45, 7) is 1.20. The first-order valence-electron chi connectivity index (χ1n) is 9.52. The van der Waals surface area contributed by atoms with E-state index in [-0.39, 0.29) is 35.2 Å². The van der Waals surface area contributed by atoms with E-state index in [1.807, 2.05) is 18.2 Å². The van der Waals surface area contributed by atoms with Crippen molar-refractivity contribution in [3.05, 3.63) is 41.7 Å². The van der Waals surface area contributed by atoms with Gasteiger partial charge in [0.25, 0.3) is 5.91 Å². The molecule has 1 atom stereocenters. The average molecular weight is 418 g/mol. The zero-order valence-corrected chi connectivity index (χ0v) is 16.8. The van der Waals surface area contributed by atoms with Crippen LogP contribution in [-0.2, 0) is 19.4 Å². The highest BCUT2D eigenvalue weighted by Crippen LogP contribution is 2.32. The number of hydrogen-bond donors (Lipinski definition) is 0. The van der Waals surface area contributed by atoms with Crippen molar-refractivity contribution in [1.29, 1.82) is 0 Å². The third-order valence-corrected chi connectivity index (χ3v) is 6.87. The molecule has 1 aromatic heterocycles. The number of hydrogen-bond acceptors (Lipinski definition) is 7. The molecule has 1 aliphatic heterocycles. The third-order valence-electron chi connectivity index (χ3n) is 5.12. The van der Waals surface area contributed by atoms with E-state index in [9.17, 15) is 18.0 Å². The lowest BCUT2D eigenvalue weighted by Crippen LogP contribution is -2.44. The topological polar surface area (TPSA) is 111 Å². The molecule has 0 radical (unpaired) electrons. The van der Waals surface area contributed by atoms with Gasteiger partial charge in [-0.25, -0.2) is 13.2 Å². The molecule has 0 unspecified atom stereocenters. The van der Waals surface area contributed by atoms with E-state index in [0.29, 0.717) is 17.8 Å². The molecule has 2 aromatic rings. The van der Waals surface area contributed by atoms with E-state index in [1.54, 1.807) is 24.0 Å². The van der Waals surface area contributed by atoms with Crippen LogP contribution in [0.1, 0.15) is 35.4 Å². The van der Waals surface area contributed by atoms with Crippen LogP contribution in [0.25, 0.3) is 5.69 Å². The number of carbonyl (C=O) groups is 2. The van der Waals surface area contributed by atoms with Crippen LogP contribution >= 0.6 is 0 Å². The van der Waals surface area contributed by atoms with Crippen molar-refractivity contribution in [3.8, 4) is 5.69 Å². The van der Waals surface area contributed by atoms with E-state index < -0.39 is 22.4 Å². The van der Waals surface area contributed by atoms with Crippen LogP contribution in [0.2, 0.25) is 0 Å². The summed E-state index contributed by atoms with van der Waals surface area (Å²) in [6, 6.07) is 8.85. The van der Waals surface area contributed by atoms with Gasteiger partial charge in [-0.1, -0.05) is 18.2 Å². The summed E-state index contributed by atoms with van der Waals surface area (Å²) in [5, 5.41) is 8.40. The van der Waals surface area contributed by atoms with Crippen molar-refractivity contribution in [2.24, 2.45) is 0 Å². The molecule has 4 rings (SSSR count). The van der Waals surface area contributed by atoms with Crippen LogP contribution in [0, 0.1) is 6.92 Å². The van der Waals surface area contributed by atoms with Crippen LogP contribution in [0.15, 0.2) is 30.3 Å². The third kappa shape index (κ3) is 4.31. The van der Waals surface area contributed by atoms with Gasteiger partial charge in [-0.05, 0) is 38.3 Å². The Morgan fingerprint density at radius 2 is 1.86 bits per heavy atom. The molecule has 2 heterocycles. The van der Waals surface area contributed by atoms with Gasteiger partial charge >= 0.3 is 5.97 Å². The number of sulfone groups is 1. The first-order valence-corrected chi connectivity index (χ1v) is 11.3. The van der Waals surface area contributed by atoms with Gasteiger partial charge in [0.15, 0.2) is 22.1 Å². The van der Waals surface area contributed by atoms with Crippen molar-refractivity contribution in [2.45, 2.75) is 38.3 Å². The van der Waals surface area contributed by atoms with Gasteiger partial charge < -0.3 is 9.64 Å². The highest BCUT2D eigenvalue weighted by molar-refractivity contribution is 7.91. The SMILES string of the molecule is Cc1nn(-c2ccccc2)nc1C(=O)OCC(=O)N(C1CC1)[C@H]1CCS(=O)(=O)C1. The maximum Gasteiger partial charge on any atom is 0.361 e. The van der Waals surface area contributed by atoms with Gasteiger partial charge in [0.2, 0.25) is 0 Å². The normalized spacial score (nSPS) is 20.4. The molecule has 9 nitrogen and oxygen atoms in total. The van der Waals surface area contributed by atoms with Crippen molar-refractivity contribution in [2.75, 3.05) is 18.1 Å². The summed E-state index contributed by atoms with van der Waals surface area (Å²) in [5.41, 5.74) is 1.14. The molecule has 1 amide bonds. The van der Waals surface area contributed by atoms with Gasteiger partial charge in [0, 0.05) is 12.1 Å². The summed E-state index contributed by atoms with van der Waals surface area (Å²) in [6.07, 6.45) is 2.13. The van der Waals surface area contributed by atoms with Gasteiger partial charge in [-0.15, -0.1) is 5.10 Å². The van der Waals surface area contributed by atoms with E-state index >= 15 is 0 Å². The van der Waals surface area contributed by atoms with Crippen molar-refractivity contribution in [3.63, 3.8) is 0 Å². The summed E-state index contributed by atoms with van der Waals surface area (Å²) >= 11 is 0. The smallest absolute Gasteiger partial charge is 0.361 e. The number of para-hydroxylation sites is 1. The molecular weight excluding hydrogens is 396 g/mol. The number of rotatable bonds is 6. The molecule has 0 N–H and O–H groups in total. The fraction of sp³-hybridized carbons (Fsp3) is 0.474. The fourth-order valence-electron chi connectivity index (χ4n) is 3.57. The predicted molar refractivity (Wildman–Crippen MR) is 103 cm³/mol. The maximum atomic E-state index is 12.7. The zero-order valence-electron chi connectivity index (χ0n) is 16.0. The summed E-state index contributed by atoms with van der Waals surface area (Å²) in [5.74, 6) is -1.02. The molecule has 10 heteroatoms. The minimum absolute atomic E-state index is 0.0201. The Labute approximate surface area is 168 Å². The Balaban J connectivity index is 1.41. The van der Waals surface area contributed by atoms with E-state index in [4.69, 9.17) is 4.74 Å². The molecule has 1 aromatic carbocycles. The molecule has 29 heavy (non-hydrogen) atoms. The Bertz CT molecular complexity index is 1030. The number of amides is 1. The molecule has 1 saturated carbocycles. The lowest BCUT2D eigenvalue weighted by atomic mass is 10.2. The lowest BCUT2D eigenvalue weighted by Gasteiger charge is -2.28. The fourth-order valence-corrected chi connectivity index (χ4v) is 5.28. The number of carbonyl (C=O) groups excluding carboxylic acids is 2. The summed E-state index contributed by atoms with van der Waals surface area (Å²) < 4.78 is 28.8. The van der Waals surface area contributed by atoms with Gasteiger partial charge in [0.1, 0.15) is 0 Å². The largest absolute Gasteiger partial charge is 0.451 e. The van der Waals surface area contributed by atoms with Crippen LogP contribution in [-0.4, -0.2) is 70.4 Å². The monoisotopic (exact) mass is 418 g/mol. The summed E-state index contributed by atoms with van der Waals surface area (Å²) in [4.78, 5) is 28.1. The first-order chi connectivity index (χ1) is 13.8. The molecular formula is C19H22N4O5S. The molecule has 0 spiro atoms. The second-order valence-corrected chi connectivity index (χ2v) is 9.65. The Hall–Kier alpha value is -2.75. The molecule has 1 aliphatic carbocycles.